The number of nitrogens with one attached hydrogen (secondary N) is 1. The van der Waals surface area contributed by atoms with E-state index in [-0.39, 0.29) is 25.1 Å². The number of fused-ring (bicyclic) bond motifs is 1. The smallest absolute Gasteiger partial charge is 0.250 e. The monoisotopic (exact) mass is 251 g/mol. The highest BCUT2D eigenvalue weighted by Crippen LogP contribution is 2.37. The van der Waals surface area contributed by atoms with Gasteiger partial charge >= 0.3 is 0 Å². The first-order valence-electron chi connectivity index (χ1n) is 5.35. The van der Waals surface area contributed by atoms with Crippen LogP contribution in [0.5, 0.6) is 11.5 Å². The van der Waals surface area contributed by atoms with Gasteiger partial charge in [0.1, 0.15) is 6.61 Å². The van der Waals surface area contributed by atoms with Crippen LogP contribution < -0.4 is 14.8 Å². The molecule has 1 amide bonds. The summed E-state index contributed by atoms with van der Waals surface area (Å²) in [5.74, 6) is 0.512. The first kappa shape index (κ1) is 12.4. The highest BCUT2D eigenvalue weighted by Gasteiger charge is 2.20. The summed E-state index contributed by atoms with van der Waals surface area (Å²) in [6, 6.07) is 3.14. The molecular weight excluding hydrogens is 238 g/mol. The SMILES string of the molecule is COCC(=O)Nc1cc2c(cc1C(C)=O)OCO2. The molecule has 0 radical (unpaired) electrons. The van der Waals surface area contributed by atoms with Crippen molar-refractivity contribution >= 4 is 17.4 Å². The van der Waals surface area contributed by atoms with Crippen molar-refractivity contribution in [1.29, 1.82) is 0 Å². The molecule has 0 unspecified atom stereocenters. The van der Waals surface area contributed by atoms with Crippen LogP contribution in [-0.4, -0.2) is 32.2 Å². The predicted molar refractivity (Wildman–Crippen MR) is 63.1 cm³/mol. The Morgan fingerprint density at radius 3 is 2.61 bits per heavy atom. The van der Waals surface area contributed by atoms with Crippen LogP contribution in [0.15, 0.2) is 12.1 Å². The van der Waals surface area contributed by atoms with Gasteiger partial charge in [0.25, 0.3) is 0 Å². The number of hydrogen-bond donors (Lipinski definition) is 1. The van der Waals surface area contributed by atoms with E-state index in [0.717, 1.165) is 0 Å². The molecule has 18 heavy (non-hydrogen) atoms. The van der Waals surface area contributed by atoms with Crippen molar-refractivity contribution in [1.82, 2.24) is 0 Å². The molecule has 96 valence electrons. The number of rotatable bonds is 4. The predicted octanol–water partition coefficient (Wildman–Crippen LogP) is 1.20. The average Bonchev–Trinajstić information content (AvgIpc) is 2.74. The molecule has 6 heteroatoms. The maximum absolute atomic E-state index is 11.5. The lowest BCUT2D eigenvalue weighted by atomic mass is 10.1. The Labute approximate surface area is 104 Å². The zero-order chi connectivity index (χ0) is 13.1. The van der Waals surface area contributed by atoms with Gasteiger partial charge in [0.05, 0.1) is 5.69 Å². The van der Waals surface area contributed by atoms with Crippen LogP contribution in [0.25, 0.3) is 0 Å². The van der Waals surface area contributed by atoms with Gasteiger partial charge in [-0.2, -0.15) is 0 Å². The summed E-state index contributed by atoms with van der Waals surface area (Å²) in [4.78, 5) is 23.0. The Kier molecular flexibility index (Phi) is 3.47. The van der Waals surface area contributed by atoms with Gasteiger partial charge in [0.15, 0.2) is 17.3 Å². The number of amides is 1. The third-order valence-corrected chi connectivity index (χ3v) is 2.44. The van der Waals surface area contributed by atoms with E-state index in [9.17, 15) is 9.59 Å². The summed E-state index contributed by atoms with van der Waals surface area (Å²) in [6.45, 7) is 1.46. The minimum Gasteiger partial charge on any atom is -0.454 e. The lowest BCUT2D eigenvalue weighted by molar-refractivity contribution is -0.119. The van der Waals surface area contributed by atoms with Crippen molar-refractivity contribution < 1.29 is 23.8 Å². The Hall–Kier alpha value is -2.08. The molecule has 0 aliphatic carbocycles. The average molecular weight is 251 g/mol. The van der Waals surface area contributed by atoms with E-state index in [2.05, 4.69) is 5.32 Å². The molecule has 0 aromatic heterocycles. The second kappa shape index (κ2) is 5.05. The van der Waals surface area contributed by atoms with Gasteiger partial charge in [-0.15, -0.1) is 0 Å². The fourth-order valence-corrected chi connectivity index (χ4v) is 1.65. The lowest BCUT2D eigenvalue weighted by Crippen LogP contribution is -2.18. The van der Waals surface area contributed by atoms with Crippen molar-refractivity contribution in [3.63, 3.8) is 0 Å². The first-order valence-corrected chi connectivity index (χ1v) is 5.35. The van der Waals surface area contributed by atoms with Crippen LogP contribution in [0.4, 0.5) is 5.69 Å². The molecule has 1 aromatic carbocycles. The van der Waals surface area contributed by atoms with Crippen LogP contribution in [0.3, 0.4) is 0 Å². The lowest BCUT2D eigenvalue weighted by Gasteiger charge is -2.10. The number of carbonyl (C=O) groups excluding carboxylic acids is 2. The van der Waals surface area contributed by atoms with Crippen LogP contribution in [0.1, 0.15) is 17.3 Å². The Bertz CT molecular complexity index is 497. The normalized spacial score (nSPS) is 12.3. The molecule has 2 rings (SSSR count). The molecular formula is C12H13NO5. The van der Waals surface area contributed by atoms with E-state index in [0.29, 0.717) is 22.7 Å². The quantitative estimate of drug-likeness (QED) is 0.814. The maximum atomic E-state index is 11.5. The molecule has 0 saturated carbocycles. The number of Topliss-reactive ketones (excluding diaryl/α,β-unsaturated/α-hetero) is 1. The van der Waals surface area contributed by atoms with Crippen molar-refractivity contribution in [3.05, 3.63) is 17.7 Å². The van der Waals surface area contributed by atoms with Gasteiger partial charge in [0, 0.05) is 18.7 Å². The van der Waals surface area contributed by atoms with Crippen LogP contribution in [0.2, 0.25) is 0 Å². The van der Waals surface area contributed by atoms with E-state index >= 15 is 0 Å². The standard InChI is InChI=1S/C12H13NO5/c1-7(14)8-3-10-11(18-6-17-10)4-9(8)13-12(15)5-16-2/h3-4H,5-6H2,1-2H3,(H,13,15). The summed E-state index contributed by atoms with van der Waals surface area (Å²) in [5, 5.41) is 2.60. The summed E-state index contributed by atoms with van der Waals surface area (Å²) in [7, 11) is 1.42. The largest absolute Gasteiger partial charge is 0.454 e. The summed E-state index contributed by atoms with van der Waals surface area (Å²) >= 11 is 0. The van der Waals surface area contributed by atoms with Gasteiger partial charge in [-0.25, -0.2) is 0 Å². The third-order valence-electron chi connectivity index (χ3n) is 2.44. The van der Waals surface area contributed by atoms with Gasteiger partial charge in [-0.3, -0.25) is 9.59 Å². The first-order chi connectivity index (χ1) is 8.61. The van der Waals surface area contributed by atoms with E-state index in [4.69, 9.17) is 14.2 Å². The van der Waals surface area contributed by atoms with Gasteiger partial charge < -0.3 is 19.5 Å². The third kappa shape index (κ3) is 2.43. The molecule has 1 aromatic rings. The molecule has 0 fully saturated rings. The minimum atomic E-state index is -0.334. The van der Waals surface area contributed by atoms with Gasteiger partial charge in [0.2, 0.25) is 12.7 Å². The second-order valence-corrected chi connectivity index (χ2v) is 3.79. The number of carbonyl (C=O) groups is 2. The fourth-order valence-electron chi connectivity index (χ4n) is 1.65. The van der Waals surface area contributed by atoms with Crippen LogP contribution in [-0.2, 0) is 9.53 Å². The van der Waals surface area contributed by atoms with Crippen LogP contribution >= 0.6 is 0 Å². The van der Waals surface area contributed by atoms with Gasteiger partial charge in [-0.05, 0) is 13.0 Å². The topological polar surface area (TPSA) is 73.9 Å². The Morgan fingerprint density at radius 2 is 2.00 bits per heavy atom. The highest BCUT2D eigenvalue weighted by molar-refractivity contribution is 6.04. The maximum Gasteiger partial charge on any atom is 0.250 e. The second-order valence-electron chi connectivity index (χ2n) is 3.79. The zero-order valence-electron chi connectivity index (χ0n) is 10.1. The van der Waals surface area contributed by atoms with E-state index in [1.54, 1.807) is 12.1 Å². The number of anilines is 1. The number of benzene rings is 1. The summed E-state index contributed by atoms with van der Waals surface area (Å²) in [5.41, 5.74) is 0.775. The van der Waals surface area contributed by atoms with Crippen LogP contribution in [0, 0.1) is 0 Å². The molecule has 0 atom stereocenters. The van der Waals surface area contributed by atoms with Crippen molar-refractivity contribution in [2.75, 3.05) is 25.8 Å². The highest BCUT2D eigenvalue weighted by atomic mass is 16.7. The van der Waals surface area contributed by atoms with E-state index < -0.39 is 0 Å². The molecule has 1 N–H and O–H groups in total. The zero-order valence-corrected chi connectivity index (χ0v) is 10.1. The number of ether oxygens (including phenoxy) is 3. The molecule has 0 bridgehead atoms. The minimum absolute atomic E-state index is 0.0776. The Balaban J connectivity index is 2.32. The van der Waals surface area contributed by atoms with E-state index in [1.807, 2.05) is 0 Å². The molecule has 1 aliphatic rings. The number of hydrogen-bond acceptors (Lipinski definition) is 5. The molecule has 0 spiro atoms. The number of ketones is 1. The Morgan fingerprint density at radius 1 is 1.33 bits per heavy atom. The molecule has 1 heterocycles. The number of methoxy groups -OCH3 is 1. The van der Waals surface area contributed by atoms with Gasteiger partial charge in [-0.1, -0.05) is 0 Å². The molecule has 1 aliphatic heterocycles. The van der Waals surface area contributed by atoms with Crippen molar-refractivity contribution in [3.8, 4) is 11.5 Å². The molecule has 6 nitrogen and oxygen atoms in total. The summed E-state index contributed by atoms with van der Waals surface area (Å²) in [6.07, 6.45) is 0. The summed E-state index contributed by atoms with van der Waals surface area (Å²) < 4.78 is 15.1. The fraction of sp³-hybridized carbons (Fsp3) is 0.333. The van der Waals surface area contributed by atoms with E-state index in [1.165, 1.54) is 14.0 Å². The van der Waals surface area contributed by atoms with Crippen molar-refractivity contribution in [2.24, 2.45) is 0 Å². The van der Waals surface area contributed by atoms with Crippen molar-refractivity contribution in [2.45, 2.75) is 6.92 Å². The molecule has 0 saturated heterocycles.